The lowest BCUT2D eigenvalue weighted by atomic mass is 9.80. The molecule has 1 aromatic heterocycles. The van der Waals surface area contributed by atoms with Gasteiger partial charge in [0.1, 0.15) is 23.4 Å². The first-order valence-electron chi connectivity index (χ1n) is 9.74. The third-order valence-electron chi connectivity index (χ3n) is 5.85. The van der Waals surface area contributed by atoms with Crippen LogP contribution in [0, 0.1) is 11.8 Å². The molecule has 1 N–H and O–H groups in total. The highest BCUT2D eigenvalue weighted by molar-refractivity contribution is 5.96. The van der Waals surface area contributed by atoms with Crippen LogP contribution in [0.5, 0.6) is 0 Å². The predicted molar refractivity (Wildman–Crippen MR) is 106 cm³/mol. The molecular formula is C21H26F2N2O5. The van der Waals surface area contributed by atoms with Gasteiger partial charge in [0.2, 0.25) is 5.91 Å². The van der Waals surface area contributed by atoms with Gasteiger partial charge < -0.3 is 24.0 Å². The predicted octanol–water partition coefficient (Wildman–Crippen LogP) is 2.12. The normalized spacial score (nSPS) is 27.7. The van der Waals surface area contributed by atoms with Gasteiger partial charge in [0.05, 0.1) is 32.3 Å². The number of rotatable bonds is 7. The van der Waals surface area contributed by atoms with Gasteiger partial charge in [-0.05, 0) is 25.1 Å². The number of hydrogen-bond acceptors (Lipinski definition) is 5. The molecule has 0 aromatic carbocycles. The Morgan fingerprint density at radius 3 is 2.67 bits per heavy atom. The highest BCUT2D eigenvalue weighted by Crippen LogP contribution is 2.42. The molecule has 9 heteroatoms. The number of carbonyl (C=O) groups excluding carboxylic acids is 1. The maximum atomic E-state index is 14.7. The zero-order valence-corrected chi connectivity index (χ0v) is 17.1. The number of nitrogens with zero attached hydrogens (tertiary/aromatic N) is 2. The summed E-state index contributed by atoms with van der Waals surface area (Å²) in [5.41, 5.74) is -0.372. The number of halogens is 2. The summed E-state index contributed by atoms with van der Waals surface area (Å²) in [5.74, 6) is -2.74. The highest BCUT2D eigenvalue weighted by Gasteiger charge is 2.47. The zero-order chi connectivity index (χ0) is 22.0. The summed E-state index contributed by atoms with van der Waals surface area (Å²) in [7, 11) is 2.78. The van der Waals surface area contributed by atoms with Crippen molar-refractivity contribution in [1.82, 2.24) is 4.57 Å². The number of aliphatic hydroxyl groups excluding tert-OH is 1. The lowest BCUT2D eigenvalue weighted by Crippen LogP contribution is -2.41. The van der Waals surface area contributed by atoms with Gasteiger partial charge in [0.15, 0.2) is 0 Å². The Balaban J connectivity index is 1.93. The maximum Gasteiger partial charge on any atom is 0.274 e. The smallest absolute Gasteiger partial charge is 0.274 e. The van der Waals surface area contributed by atoms with Crippen molar-refractivity contribution in [3.8, 4) is 0 Å². The number of methoxy groups -OCH3 is 2. The van der Waals surface area contributed by atoms with Crippen LogP contribution in [0.15, 0.2) is 46.9 Å². The molecule has 0 spiro atoms. The minimum absolute atomic E-state index is 0.0838. The molecule has 0 bridgehead atoms. The van der Waals surface area contributed by atoms with Crippen LogP contribution in [0.3, 0.4) is 0 Å². The van der Waals surface area contributed by atoms with Crippen LogP contribution >= 0.6 is 0 Å². The van der Waals surface area contributed by atoms with Crippen LogP contribution in [0.1, 0.15) is 19.4 Å². The number of aliphatic hydroxyl groups is 1. The Labute approximate surface area is 173 Å². The summed E-state index contributed by atoms with van der Waals surface area (Å²) in [5, 5.41) is 9.58. The van der Waals surface area contributed by atoms with Crippen molar-refractivity contribution < 1.29 is 28.2 Å². The standard InChI is InChI=1S/C21H26F2N2O5/c1-12-15(20-16(22)7-14(30-3)8-17(20)23)9-19(27)25(12)18-5-4-6-24(21(18)28)13(10-26)11-29-2/h4-8,12-13,15-16,20,26H,9-11H2,1-3H3. The highest BCUT2D eigenvalue weighted by atomic mass is 19.1. The average molecular weight is 424 g/mol. The minimum Gasteiger partial charge on any atom is -0.497 e. The van der Waals surface area contributed by atoms with Crippen molar-refractivity contribution in [2.24, 2.45) is 11.8 Å². The van der Waals surface area contributed by atoms with Gasteiger partial charge in [-0.15, -0.1) is 0 Å². The second-order valence-corrected chi connectivity index (χ2v) is 7.54. The summed E-state index contributed by atoms with van der Waals surface area (Å²) >= 11 is 0. The fourth-order valence-electron chi connectivity index (χ4n) is 4.31. The van der Waals surface area contributed by atoms with E-state index < -0.39 is 41.5 Å². The summed E-state index contributed by atoms with van der Waals surface area (Å²) in [6, 6.07) is 1.88. The fourth-order valence-corrected chi connectivity index (χ4v) is 4.31. The average Bonchev–Trinajstić information content (AvgIpc) is 3.00. The molecule has 5 atom stereocenters. The van der Waals surface area contributed by atoms with Crippen LogP contribution < -0.4 is 10.5 Å². The molecule has 0 saturated carbocycles. The minimum atomic E-state index is -1.64. The summed E-state index contributed by atoms with van der Waals surface area (Å²) in [4.78, 5) is 27.1. The van der Waals surface area contributed by atoms with Gasteiger partial charge in [-0.2, -0.15) is 0 Å². The Bertz CT molecular complexity index is 913. The summed E-state index contributed by atoms with van der Waals surface area (Å²) in [6.07, 6.45) is 2.11. The summed E-state index contributed by atoms with van der Waals surface area (Å²) < 4.78 is 40.6. The number of aromatic nitrogens is 1. The molecule has 30 heavy (non-hydrogen) atoms. The number of anilines is 1. The molecule has 7 nitrogen and oxygen atoms in total. The van der Waals surface area contributed by atoms with E-state index in [1.807, 2.05) is 0 Å². The van der Waals surface area contributed by atoms with Crippen molar-refractivity contribution in [3.63, 3.8) is 0 Å². The van der Waals surface area contributed by atoms with Crippen LogP contribution in [0.2, 0.25) is 0 Å². The number of ether oxygens (including phenoxy) is 2. The Kier molecular flexibility index (Phi) is 6.72. The molecule has 1 aliphatic carbocycles. The van der Waals surface area contributed by atoms with E-state index in [0.717, 1.165) is 6.08 Å². The lowest BCUT2D eigenvalue weighted by molar-refractivity contribution is -0.117. The molecule has 3 rings (SSSR count). The number of amides is 1. The number of carbonyl (C=O) groups is 1. The van der Waals surface area contributed by atoms with Crippen molar-refractivity contribution in [3.05, 3.63) is 52.4 Å². The van der Waals surface area contributed by atoms with Gasteiger partial charge in [0, 0.05) is 37.8 Å². The zero-order valence-electron chi connectivity index (χ0n) is 17.1. The van der Waals surface area contributed by atoms with Gasteiger partial charge in [-0.3, -0.25) is 9.59 Å². The maximum absolute atomic E-state index is 14.7. The molecule has 2 aliphatic rings. The molecule has 5 unspecified atom stereocenters. The van der Waals surface area contributed by atoms with E-state index in [-0.39, 0.29) is 37.0 Å². The first-order chi connectivity index (χ1) is 14.3. The van der Waals surface area contributed by atoms with Gasteiger partial charge >= 0.3 is 0 Å². The van der Waals surface area contributed by atoms with Crippen molar-refractivity contribution >= 4 is 11.6 Å². The Morgan fingerprint density at radius 2 is 2.07 bits per heavy atom. The molecule has 1 saturated heterocycles. The van der Waals surface area contributed by atoms with E-state index in [2.05, 4.69) is 0 Å². The monoisotopic (exact) mass is 424 g/mol. The lowest BCUT2D eigenvalue weighted by Gasteiger charge is -2.31. The molecule has 1 aromatic rings. The quantitative estimate of drug-likeness (QED) is 0.725. The van der Waals surface area contributed by atoms with Crippen LogP contribution in [-0.2, 0) is 14.3 Å². The SMILES string of the molecule is COCC(CO)n1cccc(N2C(=O)CC(C3C(F)=CC(OC)=CC3F)C2C)c1=O. The summed E-state index contributed by atoms with van der Waals surface area (Å²) in [6.45, 7) is 1.47. The number of allylic oxidation sites excluding steroid dienone is 3. The van der Waals surface area contributed by atoms with Gasteiger partial charge in [-0.1, -0.05) is 0 Å². The number of pyridine rings is 1. The van der Waals surface area contributed by atoms with Crippen LogP contribution in [-0.4, -0.2) is 55.2 Å². The van der Waals surface area contributed by atoms with Crippen LogP contribution in [0.4, 0.5) is 14.5 Å². The molecule has 164 valence electrons. The molecule has 1 amide bonds. The largest absolute Gasteiger partial charge is 0.497 e. The first kappa shape index (κ1) is 22.2. The second kappa shape index (κ2) is 9.09. The molecule has 1 fully saturated rings. The van der Waals surface area contributed by atoms with E-state index >= 15 is 0 Å². The van der Waals surface area contributed by atoms with Gasteiger partial charge in [-0.25, -0.2) is 8.78 Å². The van der Waals surface area contributed by atoms with E-state index in [9.17, 15) is 23.5 Å². The van der Waals surface area contributed by atoms with Crippen LogP contribution in [0.25, 0.3) is 0 Å². The number of hydrogen-bond donors (Lipinski definition) is 1. The molecule has 2 heterocycles. The van der Waals surface area contributed by atoms with Crippen molar-refractivity contribution in [2.45, 2.75) is 31.6 Å². The fraction of sp³-hybridized carbons (Fsp3) is 0.524. The van der Waals surface area contributed by atoms with E-state index in [1.54, 1.807) is 13.0 Å². The topological polar surface area (TPSA) is 81.0 Å². The molecule has 1 aliphatic heterocycles. The number of alkyl halides is 1. The third-order valence-corrected chi connectivity index (χ3v) is 5.85. The Morgan fingerprint density at radius 1 is 1.33 bits per heavy atom. The van der Waals surface area contributed by atoms with E-state index in [0.29, 0.717) is 0 Å². The first-order valence-corrected chi connectivity index (χ1v) is 9.74. The van der Waals surface area contributed by atoms with E-state index in [4.69, 9.17) is 9.47 Å². The van der Waals surface area contributed by atoms with Gasteiger partial charge in [0.25, 0.3) is 5.56 Å². The molecule has 0 radical (unpaired) electrons. The molecular weight excluding hydrogens is 398 g/mol. The Hall–Kier alpha value is -2.52. The second-order valence-electron chi connectivity index (χ2n) is 7.54. The van der Waals surface area contributed by atoms with Crippen molar-refractivity contribution in [2.75, 3.05) is 32.3 Å². The van der Waals surface area contributed by atoms with Crippen molar-refractivity contribution in [1.29, 1.82) is 0 Å². The third kappa shape index (κ3) is 3.91. The van der Waals surface area contributed by atoms with E-state index in [1.165, 1.54) is 42.0 Å².